The molecule has 204 valence electrons. The van der Waals surface area contributed by atoms with Gasteiger partial charge in [-0.15, -0.1) is 92.8 Å². The number of aliphatic carboxylic acids is 2. The largest absolute Gasteiger partial charge is 0.480 e. The molecule has 4 aliphatic carbocycles. The molecule has 0 aromatic heterocycles. The SMILES string of the molecule is O=C(O)C1(Cl)C2(Cl)CC(Cl)(C(Cl)=C2Cl)C1(Cl)C(=O)OC(=O)C1(Cl)C2(Cl)CC(Cl)(C(Cl)=C2Cl)C1(Cl)C(=O)O. The predicted octanol–water partition coefficient (Wildman–Crippen LogP) is 6.26. The quantitative estimate of drug-likeness (QED) is 0.198. The fourth-order valence-corrected chi connectivity index (χ4v) is 11.3. The molecule has 4 bridgehead atoms. The molecule has 19 heteroatoms. The van der Waals surface area contributed by atoms with E-state index in [2.05, 4.69) is 0 Å². The van der Waals surface area contributed by atoms with Crippen LogP contribution >= 0.6 is 139 Å². The molecule has 0 aromatic rings. The van der Waals surface area contributed by atoms with Gasteiger partial charge in [0.15, 0.2) is 19.5 Å². The van der Waals surface area contributed by atoms with Crippen LogP contribution in [0.25, 0.3) is 0 Å². The van der Waals surface area contributed by atoms with E-state index in [-0.39, 0.29) is 0 Å². The lowest BCUT2D eigenvalue weighted by Gasteiger charge is -2.47. The van der Waals surface area contributed by atoms with Gasteiger partial charge in [0.25, 0.3) is 0 Å². The third-order valence-electron chi connectivity index (χ3n) is 7.22. The molecule has 8 unspecified atom stereocenters. The third-order valence-corrected chi connectivity index (χ3v) is 15.9. The predicted molar refractivity (Wildman–Crippen MR) is 142 cm³/mol. The highest BCUT2D eigenvalue weighted by Gasteiger charge is 2.91. The molecule has 0 aromatic carbocycles. The number of carbonyl (C=O) groups is 4. The minimum Gasteiger partial charge on any atom is -0.480 e. The molecule has 8 atom stereocenters. The normalized spacial score (nSPS) is 50.2. The first-order valence-corrected chi connectivity index (χ1v) is 13.9. The zero-order chi connectivity index (χ0) is 28.7. The number of allylic oxidation sites excluding steroid dienone is 4. The maximum atomic E-state index is 13.5. The Morgan fingerprint density at radius 2 is 0.730 bits per heavy atom. The second-order valence-electron chi connectivity index (χ2n) is 8.74. The maximum Gasteiger partial charge on any atom is 0.339 e. The summed E-state index contributed by atoms with van der Waals surface area (Å²) in [6.45, 7) is 0. The molecule has 2 fully saturated rings. The van der Waals surface area contributed by atoms with Crippen LogP contribution in [-0.4, -0.2) is 73.1 Å². The minimum absolute atomic E-state index is 0.512. The number of alkyl halides is 8. The van der Waals surface area contributed by atoms with Crippen LogP contribution in [0, 0.1) is 0 Å². The van der Waals surface area contributed by atoms with Gasteiger partial charge in [-0.1, -0.05) is 46.4 Å². The fourth-order valence-electron chi connectivity index (χ4n) is 5.33. The lowest BCUT2D eigenvalue weighted by molar-refractivity contribution is -0.168. The Morgan fingerprint density at radius 1 is 0.514 bits per heavy atom. The molecule has 0 heterocycles. The minimum atomic E-state index is -3.14. The highest BCUT2D eigenvalue weighted by Crippen LogP contribution is 2.77. The summed E-state index contributed by atoms with van der Waals surface area (Å²) in [5.41, 5.74) is 0. The first-order chi connectivity index (χ1) is 16.5. The Hall–Kier alpha value is 1.04. The van der Waals surface area contributed by atoms with Gasteiger partial charge in [0.05, 0.1) is 20.1 Å². The number of fused-ring (bicyclic) bond motifs is 4. The van der Waals surface area contributed by atoms with Crippen molar-refractivity contribution in [2.24, 2.45) is 0 Å². The van der Waals surface area contributed by atoms with Crippen molar-refractivity contribution < 1.29 is 34.1 Å². The van der Waals surface area contributed by atoms with E-state index >= 15 is 0 Å². The summed E-state index contributed by atoms with van der Waals surface area (Å²) >= 11 is 76.0. The molecule has 2 N–H and O–H groups in total. The summed E-state index contributed by atoms with van der Waals surface area (Å²) in [4.78, 5) is 29.8. The molecular weight excluding hydrogens is 754 g/mol. The van der Waals surface area contributed by atoms with Gasteiger partial charge in [-0.3, -0.25) is 9.59 Å². The number of carbonyl (C=O) groups excluding carboxylic acids is 2. The number of carboxylic acids is 2. The molecule has 37 heavy (non-hydrogen) atoms. The summed E-state index contributed by atoms with van der Waals surface area (Å²) in [5, 5.41) is 17.8. The van der Waals surface area contributed by atoms with Crippen LogP contribution in [-0.2, 0) is 23.9 Å². The van der Waals surface area contributed by atoms with Crippen molar-refractivity contribution >= 4 is 163 Å². The molecule has 0 spiro atoms. The van der Waals surface area contributed by atoms with Crippen LogP contribution in [0.3, 0.4) is 0 Å². The van der Waals surface area contributed by atoms with Crippen molar-refractivity contribution in [3.8, 4) is 0 Å². The number of hydrogen-bond acceptors (Lipinski definition) is 5. The molecule has 0 aliphatic heterocycles. The molecule has 2 saturated carbocycles. The van der Waals surface area contributed by atoms with Gasteiger partial charge >= 0.3 is 23.9 Å². The average molecular weight is 760 g/mol. The number of hydrogen-bond donors (Lipinski definition) is 2. The van der Waals surface area contributed by atoms with Crippen molar-refractivity contribution in [2.45, 2.75) is 51.8 Å². The van der Waals surface area contributed by atoms with E-state index in [1.54, 1.807) is 0 Å². The average Bonchev–Trinajstić information content (AvgIpc) is 3.24. The summed E-state index contributed by atoms with van der Waals surface area (Å²) < 4.78 is 4.84. The van der Waals surface area contributed by atoms with E-state index in [9.17, 15) is 29.4 Å². The summed E-state index contributed by atoms with van der Waals surface area (Å²) in [5.74, 6) is -7.87. The number of rotatable bonds is 4. The topological polar surface area (TPSA) is 118 Å². The van der Waals surface area contributed by atoms with E-state index in [0.717, 1.165) is 0 Å². The van der Waals surface area contributed by atoms with E-state index in [0.29, 0.717) is 0 Å². The first kappa shape index (κ1) is 31.0. The van der Waals surface area contributed by atoms with Crippen LogP contribution in [0.5, 0.6) is 0 Å². The van der Waals surface area contributed by atoms with Crippen LogP contribution in [0.15, 0.2) is 20.1 Å². The van der Waals surface area contributed by atoms with Crippen molar-refractivity contribution in [3.63, 3.8) is 0 Å². The van der Waals surface area contributed by atoms with Gasteiger partial charge in [0.2, 0.25) is 0 Å². The van der Waals surface area contributed by atoms with Gasteiger partial charge in [-0.05, 0) is 0 Å². The van der Waals surface area contributed by atoms with Crippen molar-refractivity contribution in [1.82, 2.24) is 0 Å². The highest BCUT2D eigenvalue weighted by molar-refractivity contribution is 6.65. The number of esters is 2. The van der Waals surface area contributed by atoms with Crippen LogP contribution < -0.4 is 0 Å². The number of ether oxygens (including phenoxy) is 1. The lowest BCUT2D eigenvalue weighted by atomic mass is 9.79. The van der Waals surface area contributed by atoms with E-state index in [4.69, 9.17) is 144 Å². The fraction of sp³-hybridized carbons (Fsp3) is 0.556. The monoisotopic (exact) mass is 754 g/mol. The molecule has 7 nitrogen and oxygen atoms in total. The number of carboxylic acid groups (broad SMARTS) is 2. The summed E-state index contributed by atoms with van der Waals surface area (Å²) in [6.07, 6.45) is -1.39. The van der Waals surface area contributed by atoms with Gasteiger partial charge in [0, 0.05) is 12.8 Å². The van der Waals surface area contributed by atoms with Crippen LogP contribution in [0.4, 0.5) is 0 Å². The van der Waals surface area contributed by atoms with E-state index in [1.807, 2.05) is 0 Å². The van der Waals surface area contributed by atoms with Crippen molar-refractivity contribution in [1.29, 1.82) is 0 Å². The van der Waals surface area contributed by atoms with Crippen molar-refractivity contribution in [3.05, 3.63) is 20.1 Å². The van der Waals surface area contributed by atoms with Crippen LogP contribution in [0.2, 0.25) is 0 Å². The molecule has 0 saturated heterocycles. The van der Waals surface area contributed by atoms with Crippen LogP contribution in [0.1, 0.15) is 12.8 Å². The molecular formula is C18H6Cl12O7. The van der Waals surface area contributed by atoms with E-state index in [1.165, 1.54) is 0 Å². The third kappa shape index (κ3) is 2.82. The Morgan fingerprint density at radius 3 is 0.946 bits per heavy atom. The van der Waals surface area contributed by atoms with Gasteiger partial charge in [-0.25, -0.2) is 9.59 Å². The first-order valence-electron chi connectivity index (χ1n) is 9.35. The standard InChI is InChI=1S/C18H6Cl12O7/c19-3-5(21)13(25)1-11(3,23)15(27,7(31)32)17(13,29)9(35)37-10(36)18(30)14(26)2-12(24,4(20)6(14)22)16(18,28)8(33)34/h1-2H2,(H,31,32)(H,33,34). The molecule has 0 amide bonds. The van der Waals surface area contributed by atoms with Gasteiger partial charge in [-0.2, -0.15) is 0 Å². The lowest BCUT2D eigenvalue weighted by Crippen LogP contribution is -2.71. The smallest absolute Gasteiger partial charge is 0.339 e. The summed E-state index contributed by atoms with van der Waals surface area (Å²) in [7, 11) is 0. The summed E-state index contributed by atoms with van der Waals surface area (Å²) in [6, 6.07) is 0. The highest BCUT2D eigenvalue weighted by atomic mass is 35.5. The Labute approximate surface area is 267 Å². The zero-order valence-corrected chi connectivity index (χ0v) is 26.0. The Balaban J connectivity index is 1.87. The number of halogens is 12. The Bertz CT molecular complexity index is 1210. The zero-order valence-electron chi connectivity index (χ0n) is 16.9. The van der Waals surface area contributed by atoms with E-state index < -0.39 is 95.8 Å². The molecule has 0 radical (unpaired) electrons. The second kappa shape index (κ2) is 8.32. The maximum absolute atomic E-state index is 13.5. The molecule has 4 aliphatic rings. The van der Waals surface area contributed by atoms with Gasteiger partial charge < -0.3 is 14.9 Å². The van der Waals surface area contributed by atoms with Gasteiger partial charge in [0.1, 0.15) is 19.5 Å². The second-order valence-corrected chi connectivity index (χ2v) is 15.1. The molecule has 4 rings (SSSR count). The Kier molecular flexibility index (Phi) is 6.97. The van der Waals surface area contributed by atoms with Crippen molar-refractivity contribution in [2.75, 3.05) is 0 Å².